The maximum Gasteiger partial charge on any atom is 0.134 e. The second-order valence-electron chi connectivity index (χ2n) is 3.50. The topological polar surface area (TPSA) is 39.2 Å². The Morgan fingerprint density at radius 1 is 1.13 bits per heavy atom. The van der Waals surface area contributed by atoms with E-state index in [-0.39, 0.29) is 6.04 Å². The van der Waals surface area contributed by atoms with Crippen LogP contribution >= 0.6 is 11.6 Å². The quantitative estimate of drug-likeness (QED) is 0.841. The molecule has 3 heteroatoms. The molecule has 2 rings (SSSR count). The van der Waals surface area contributed by atoms with Crippen molar-refractivity contribution in [1.29, 1.82) is 0 Å². The van der Waals surface area contributed by atoms with Crippen LogP contribution in [0, 0.1) is 0 Å². The van der Waals surface area contributed by atoms with Crippen LogP contribution in [0.3, 0.4) is 0 Å². The summed E-state index contributed by atoms with van der Waals surface area (Å²) in [6.07, 6.45) is 0. The number of furan rings is 1. The zero-order valence-corrected chi connectivity index (χ0v) is 9.16. The van der Waals surface area contributed by atoms with Gasteiger partial charge < -0.3 is 10.2 Å². The third-order valence-corrected chi connectivity index (χ3v) is 2.46. The molecule has 2 N–H and O–H groups in total. The molecule has 0 fully saturated rings. The fourth-order valence-electron chi connectivity index (χ4n) is 1.37. The molecule has 0 saturated carbocycles. The summed E-state index contributed by atoms with van der Waals surface area (Å²) in [6.45, 7) is 1.89. The molecule has 78 valence electrons. The molecule has 0 bridgehead atoms. The van der Waals surface area contributed by atoms with Gasteiger partial charge in [-0.25, -0.2) is 0 Å². The van der Waals surface area contributed by atoms with Crippen molar-refractivity contribution >= 4 is 11.6 Å². The average Bonchev–Trinajstić information content (AvgIpc) is 2.68. The average molecular weight is 222 g/mol. The first-order valence-electron chi connectivity index (χ1n) is 4.78. The predicted octanol–water partition coefficient (Wildman–Crippen LogP) is 3.62. The highest BCUT2D eigenvalue weighted by molar-refractivity contribution is 6.30. The van der Waals surface area contributed by atoms with Gasteiger partial charge in [0.25, 0.3) is 0 Å². The van der Waals surface area contributed by atoms with Crippen molar-refractivity contribution in [3.63, 3.8) is 0 Å². The Bertz CT molecular complexity index is 445. The Hall–Kier alpha value is -1.25. The Morgan fingerprint density at radius 3 is 2.33 bits per heavy atom. The lowest BCUT2D eigenvalue weighted by Gasteiger charge is -2.00. The monoisotopic (exact) mass is 221 g/mol. The molecule has 15 heavy (non-hydrogen) atoms. The van der Waals surface area contributed by atoms with E-state index in [1.165, 1.54) is 0 Å². The van der Waals surface area contributed by atoms with Crippen LogP contribution in [0.5, 0.6) is 0 Å². The number of hydrogen-bond donors (Lipinski definition) is 1. The van der Waals surface area contributed by atoms with Crippen molar-refractivity contribution in [2.75, 3.05) is 0 Å². The lowest BCUT2D eigenvalue weighted by atomic mass is 10.2. The second kappa shape index (κ2) is 4.09. The largest absolute Gasteiger partial charge is 0.459 e. The first-order valence-corrected chi connectivity index (χ1v) is 5.16. The maximum atomic E-state index is 5.80. The normalized spacial score (nSPS) is 12.7. The SMILES string of the molecule is C[C@@H](N)c1ccc(-c2ccc(Cl)cc2)o1. The molecule has 0 spiro atoms. The third-order valence-electron chi connectivity index (χ3n) is 2.20. The van der Waals surface area contributed by atoms with E-state index in [1.54, 1.807) is 0 Å². The smallest absolute Gasteiger partial charge is 0.134 e. The summed E-state index contributed by atoms with van der Waals surface area (Å²) in [7, 11) is 0. The van der Waals surface area contributed by atoms with E-state index in [9.17, 15) is 0 Å². The fourth-order valence-corrected chi connectivity index (χ4v) is 1.49. The van der Waals surface area contributed by atoms with E-state index in [0.29, 0.717) is 0 Å². The molecule has 1 aromatic carbocycles. The molecule has 0 aliphatic rings. The summed E-state index contributed by atoms with van der Waals surface area (Å²) >= 11 is 5.80. The minimum absolute atomic E-state index is 0.0777. The molecule has 0 unspecified atom stereocenters. The Balaban J connectivity index is 2.33. The molecule has 0 radical (unpaired) electrons. The van der Waals surface area contributed by atoms with Gasteiger partial charge in [-0.15, -0.1) is 0 Å². The van der Waals surface area contributed by atoms with Gasteiger partial charge in [0, 0.05) is 10.6 Å². The van der Waals surface area contributed by atoms with Gasteiger partial charge in [-0.05, 0) is 43.3 Å². The van der Waals surface area contributed by atoms with Crippen LogP contribution < -0.4 is 5.73 Å². The number of nitrogens with two attached hydrogens (primary N) is 1. The maximum absolute atomic E-state index is 5.80. The summed E-state index contributed by atoms with van der Waals surface area (Å²) in [4.78, 5) is 0. The zero-order valence-electron chi connectivity index (χ0n) is 8.41. The van der Waals surface area contributed by atoms with E-state index >= 15 is 0 Å². The summed E-state index contributed by atoms with van der Waals surface area (Å²) in [5.41, 5.74) is 6.72. The van der Waals surface area contributed by atoms with Crippen LogP contribution in [0.25, 0.3) is 11.3 Å². The fraction of sp³-hybridized carbons (Fsp3) is 0.167. The van der Waals surface area contributed by atoms with Crippen molar-refractivity contribution in [3.05, 3.63) is 47.2 Å². The molecule has 0 amide bonds. The molecule has 1 heterocycles. The van der Waals surface area contributed by atoms with Crippen LogP contribution in [-0.4, -0.2) is 0 Å². The molecule has 0 aliphatic heterocycles. The van der Waals surface area contributed by atoms with Gasteiger partial charge >= 0.3 is 0 Å². The Kier molecular flexibility index (Phi) is 2.80. The van der Waals surface area contributed by atoms with Gasteiger partial charge in [-0.3, -0.25) is 0 Å². The molecular formula is C12H12ClNO. The van der Waals surface area contributed by atoms with Gasteiger partial charge in [0.05, 0.1) is 6.04 Å². The molecular weight excluding hydrogens is 210 g/mol. The summed E-state index contributed by atoms with van der Waals surface area (Å²) in [5, 5.41) is 0.720. The highest BCUT2D eigenvalue weighted by Gasteiger charge is 2.07. The molecule has 2 aromatic rings. The van der Waals surface area contributed by atoms with Crippen LogP contribution in [0.1, 0.15) is 18.7 Å². The highest BCUT2D eigenvalue weighted by atomic mass is 35.5. The number of halogens is 1. The summed E-state index contributed by atoms with van der Waals surface area (Å²) in [5.74, 6) is 1.61. The molecule has 1 atom stereocenters. The van der Waals surface area contributed by atoms with Gasteiger partial charge in [0.1, 0.15) is 11.5 Å². The van der Waals surface area contributed by atoms with Gasteiger partial charge in [-0.2, -0.15) is 0 Å². The molecule has 1 aromatic heterocycles. The van der Waals surface area contributed by atoms with Crippen LogP contribution in [0.4, 0.5) is 0 Å². The first-order chi connectivity index (χ1) is 7.16. The van der Waals surface area contributed by atoms with E-state index in [2.05, 4.69) is 0 Å². The Morgan fingerprint density at radius 2 is 1.80 bits per heavy atom. The van der Waals surface area contributed by atoms with Crippen molar-refractivity contribution in [1.82, 2.24) is 0 Å². The minimum Gasteiger partial charge on any atom is -0.459 e. The lowest BCUT2D eigenvalue weighted by molar-refractivity contribution is 0.491. The second-order valence-corrected chi connectivity index (χ2v) is 3.93. The Labute approximate surface area is 93.7 Å². The van der Waals surface area contributed by atoms with Crippen LogP contribution in [0.2, 0.25) is 5.02 Å². The number of rotatable bonds is 2. The molecule has 0 aliphatic carbocycles. The zero-order chi connectivity index (χ0) is 10.8. The van der Waals surface area contributed by atoms with E-state index in [1.807, 2.05) is 43.3 Å². The van der Waals surface area contributed by atoms with Gasteiger partial charge in [0.15, 0.2) is 0 Å². The van der Waals surface area contributed by atoms with Crippen LogP contribution in [0.15, 0.2) is 40.8 Å². The minimum atomic E-state index is -0.0777. The predicted molar refractivity (Wildman–Crippen MR) is 61.8 cm³/mol. The van der Waals surface area contributed by atoms with Gasteiger partial charge in [0.2, 0.25) is 0 Å². The van der Waals surface area contributed by atoms with E-state index in [4.69, 9.17) is 21.8 Å². The van der Waals surface area contributed by atoms with Gasteiger partial charge in [-0.1, -0.05) is 11.6 Å². The highest BCUT2D eigenvalue weighted by Crippen LogP contribution is 2.25. The van der Waals surface area contributed by atoms with E-state index in [0.717, 1.165) is 22.1 Å². The first kappa shape index (κ1) is 10.3. The summed E-state index contributed by atoms with van der Waals surface area (Å²) in [6, 6.07) is 11.3. The molecule has 0 saturated heterocycles. The number of hydrogen-bond acceptors (Lipinski definition) is 2. The summed E-state index contributed by atoms with van der Waals surface area (Å²) < 4.78 is 5.60. The van der Waals surface area contributed by atoms with Crippen LogP contribution in [-0.2, 0) is 0 Å². The van der Waals surface area contributed by atoms with Crippen molar-refractivity contribution in [2.24, 2.45) is 5.73 Å². The van der Waals surface area contributed by atoms with Crippen molar-refractivity contribution in [3.8, 4) is 11.3 Å². The van der Waals surface area contributed by atoms with Crippen molar-refractivity contribution in [2.45, 2.75) is 13.0 Å². The van der Waals surface area contributed by atoms with Crippen molar-refractivity contribution < 1.29 is 4.42 Å². The lowest BCUT2D eigenvalue weighted by Crippen LogP contribution is -2.02. The standard InChI is InChI=1S/C12H12ClNO/c1-8(14)11-6-7-12(15-11)9-2-4-10(13)5-3-9/h2-8H,14H2,1H3/t8-/m1/s1. The molecule has 2 nitrogen and oxygen atoms in total. The number of benzene rings is 1. The third kappa shape index (κ3) is 2.22. The van der Waals surface area contributed by atoms with E-state index < -0.39 is 0 Å².